The van der Waals surface area contributed by atoms with E-state index in [1.807, 2.05) is 0 Å². The van der Waals surface area contributed by atoms with Crippen LogP contribution < -0.4 is 20.7 Å². The molecule has 0 aliphatic rings. The van der Waals surface area contributed by atoms with Crippen LogP contribution >= 0.6 is 34.5 Å². The summed E-state index contributed by atoms with van der Waals surface area (Å²) in [5.41, 5.74) is -0.0651. The van der Waals surface area contributed by atoms with Crippen LogP contribution in [0.4, 0.5) is 23.5 Å². The molecular weight excluding hydrogens is 549 g/mol. The second-order valence-electron chi connectivity index (χ2n) is 8.95. The van der Waals surface area contributed by atoms with Crippen molar-refractivity contribution in [1.82, 2.24) is 15.6 Å². The second kappa shape index (κ2) is 12.1. The SMILES string of the molecule is CC(Oc1cc2sc(NC(=O)NCCCNC(=O)OC(C)(C)C)nc2cc1F)c1c(Cl)ccc(F)c1Cl. The predicted molar refractivity (Wildman–Crippen MR) is 141 cm³/mol. The van der Waals surface area contributed by atoms with Crippen molar-refractivity contribution in [2.24, 2.45) is 0 Å². The molecule has 37 heavy (non-hydrogen) atoms. The molecule has 1 aromatic heterocycles. The van der Waals surface area contributed by atoms with Gasteiger partial charge in [0, 0.05) is 35.8 Å². The largest absolute Gasteiger partial charge is 0.483 e. The molecular formula is C24H26Cl2F2N4O4S. The van der Waals surface area contributed by atoms with Crippen molar-refractivity contribution >= 4 is 62.0 Å². The van der Waals surface area contributed by atoms with Gasteiger partial charge in [0.25, 0.3) is 0 Å². The number of benzene rings is 2. The molecule has 3 rings (SSSR count). The quantitative estimate of drug-likeness (QED) is 0.197. The van der Waals surface area contributed by atoms with Crippen LogP contribution in [-0.4, -0.2) is 35.8 Å². The van der Waals surface area contributed by atoms with Crippen molar-refractivity contribution in [2.45, 2.75) is 45.8 Å². The van der Waals surface area contributed by atoms with Crippen molar-refractivity contribution < 1.29 is 27.8 Å². The molecule has 13 heteroatoms. The standard InChI is InChI=1S/C24H26Cl2F2N4O4S/c1-12(19-13(25)6-7-14(27)20(19)26)35-17-11-18-16(10-15(17)28)31-22(37-18)32-21(33)29-8-5-9-30-23(34)36-24(2,3)4/h6-7,10-12H,5,8-9H2,1-4H3,(H,30,34)(H2,29,31,32,33). The Morgan fingerprint density at radius 1 is 1.11 bits per heavy atom. The number of amides is 3. The maximum atomic E-state index is 14.7. The van der Waals surface area contributed by atoms with Crippen LogP contribution in [0.5, 0.6) is 5.75 Å². The van der Waals surface area contributed by atoms with E-state index in [1.165, 1.54) is 18.2 Å². The number of hydrogen-bond acceptors (Lipinski definition) is 6. The van der Waals surface area contributed by atoms with Gasteiger partial charge in [0.15, 0.2) is 16.7 Å². The molecule has 0 aliphatic carbocycles. The molecule has 3 amide bonds. The Morgan fingerprint density at radius 2 is 1.81 bits per heavy atom. The fourth-order valence-electron chi connectivity index (χ4n) is 3.17. The van der Waals surface area contributed by atoms with Crippen LogP contribution in [0.3, 0.4) is 0 Å². The van der Waals surface area contributed by atoms with Gasteiger partial charge in [-0.05, 0) is 46.2 Å². The van der Waals surface area contributed by atoms with Gasteiger partial charge in [-0.2, -0.15) is 0 Å². The molecule has 0 aliphatic heterocycles. The molecule has 0 spiro atoms. The van der Waals surface area contributed by atoms with Gasteiger partial charge in [-0.1, -0.05) is 34.5 Å². The van der Waals surface area contributed by atoms with Gasteiger partial charge in [-0.15, -0.1) is 0 Å². The van der Waals surface area contributed by atoms with Gasteiger partial charge >= 0.3 is 12.1 Å². The molecule has 0 fully saturated rings. The van der Waals surface area contributed by atoms with E-state index in [0.717, 1.165) is 17.4 Å². The molecule has 8 nitrogen and oxygen atoms in total. The number of alkyl carbamates (subject to hydrolysis) is 1. The number of carbonyl (C=O) groups is 2. The van der Waals surface area contributed by atoms with Gasteiger partial charge in [-0.3, -0.25) is 5.32 Å². The number of anilines is 1. The number of thiazole rings is 1. The van der Waals surface area contributed by atoms with Crippen LogP contribution in [0, 0.1) is 11.6 Å². The molecule has 1 heterocycles. The molecule has 200 valence electrons. The Morgan fingerprint density at radius 3 is 2.51 bits per heavy atom. The Bertz CT molecular complexity index is 1300. The number of rotatable bonds is 8. The van der Waals surface area contributed by atoms with Crippen molar-refractivity contribution in [3.05, 3.63) is 51.5 Å². The van der Waals surface area contributed by atoms with Crippen molar-refractivity contribution in [3.63, 3.8) is 0 Å². The van der Waals surface area contributed by atoms with E-state index in [2.05, 4.69) is 20.9 Å². The minimum absolute atomic E-state index is 0.103. The maximum Gasteiger partial charge on any atom is 0.407 e. The third-order valence-corrected chi connectivity index (χ3v) is 6.41. The van der Waals surface area contributed by atoms with E-state index in [1.54, 1.807) is 27.7 Å². The summed E-state index contributed by atoms with van der Waals surface area (Å²) in [5, 5.41) is 8.09. The smallest absolute Gasteiger partial charge is 0.407 e. The first-order chi connectivity index (χ1) is 17.3. The number of fused-ring (bicyclic) bond motifs is 1. The molecule has 3 N–H and O–H groups in total. The predicted octanol–water partition coefficient (Wildman–Crippen LogP) is 7.06. The lowest BCUT2D eigenvalue weighted by molar-refractivity contribution is 0.0527. The van der Waals surface area contributed by atoms with Crippen LogP contribution in [0.25, 0.3) is 10.2 Å². The zero-order chi connectivity index (χ0) is 27.3. The number of nitrogens with zero attached hydrogens (tertiary/aromatic N) is 1. The molecule has 1 atom stereocenters. The third-order valence-electron chi connectivity index (χ3n) is 4.76. The van der Waals surface area contributed by atoms with E-state index in [-0.39, 0.29) is 26.5 Å². The normalized spacial score (nSPS) is 12.2. The maximum absolute atomic E-state index is 14.7. The van der Waals surface area contributed by atoms with Gasteiger partial charge in [-0.25, -0.2) is 23.4 Å². The minimum atomic E-state index is -0.844. The van der Waals surface area contributed by atoms with Gasteiger partial charge in [0.2, 0.25) is 0 Å². The van der Waals surface area contributed by atoms with Gasteiger partial charge in [0.1, 0.15) is 17.5 Å². The van der Waals surface area contributed by atoms with Crippen molar-refractivity contribution in [2.75, 3.05) is 18.4 Å². The van der Waals surface area contributed by atoms with Gasteiger partial charge in [0.05, 0.1) is 15.2 Å². The van der Waals surface area contributed by atoms with Crippen LogP contribution in [0.15, 0.2) is 24.3 Å². The summed E-state index contributed by atoms with van der Waals surface area (Å²) in [7, 11) is 0. The first-order valence-electron chi connectivity index (χ1n) is 11.3. The summed E-state index contributed by atoms with van der Waals surface area (Å²) < 4.78 is 39.9. The summed E-state index contributed by atoms with van der Waals surface area (Å²) in [5.74, 6) is -1.46. The first kappa shape index (κ1) is 28.7. The molecule has 1 unspecified atom stereocenters. The van der Waals surface area contributed by atoms with E-state index >= 15 is 0 Å². The minimum Gasteiger partial charge on any atom is -0.483 e. The van der Waals surface area contributed by atoms with E-state index in [4.69, 9.17) is 32.7 Å². The monoisotopic (exact) mass is 574 g/mol. The van der Waals surface area contributed by atoms with Gasteiger partial charge < -0.3 is 20.1 Å². The Hall–Kier alpha value is -2.89. The first-order valence-corrected chi connectivity index (χ1v) is 12.8. The Labute approximate surface area is 226 Å². The third kappa shape index (κ3) is 8.05. The molecule has 2 aromatic carbocycles. The number of hydrogen-bond donors (Lipinski definition) is 3. The van der Waals surface area contributed by atoms with E-state index in [0.29, 0.717) is 29.7 Å². The summed E-state index contributed by atoms with van der Waals surface area (Å²) in [6.45, 7) is 7.49. The van der Waals surface area contributed by atoms with E-state index in [9.17, 15) is 18.4 Å². The topological polar surface area (TPSA) is 102 Å². The Kier molecular flexibility index (Phi) is 9.38. The number of ether oxygens (including phenoxy) is 2. The molecule has 3 aromatic rings. The number of aromatic nitrogens is 1. The lowest BCUT2D eigenvalue weighted by Gasteiger charge is -2.19. The number of urea groups is 1. The van der Waals surface area contributed by atoms with Crippen molar-refractivity contribution in [3.8, 4) is 5.75 Å². The summed E-state index contributed by atoms with van der Waals surface area (Å²) in [4.78, 5) is 28.0. The molecule has 0 saturated heterocycles. The lowest BCUT2D eigenvalue weighted by atomic mass is 10.1. The lowest BCUT2D eigenvalue weighted by Crippen LogP contribution is -2.35. The fraction of sp³-hybridized carbons (Fsp3) is 0.375. The van der Waals surface area contributed by atoms with Crippen molar-refractivity contribution in [1.29, 1.82) is 0 Å². The summed E-state index contributed by atoms with van der Waals surface area (Å²) >= 11 is 13.3. The van der Waals surface area contributed by atoms with Crippen LogP contribution in [-0.2, 0) is 4.74 Å². The number of nitrogens with one attached hydrogen (secondary N) is 3. The second-order valence-corrected chi connectivity index (χ2v) is 10.8. The number of halogens is 4. The molecule has 0 saturated carbocycles. The molecule has 0 bridgehead atoms. The highest BCUT2D eigenvalue weighted by Gasteiger charge is 2.21. The highest BCUT2D eigenvalue weighted by atomic mass is 35.5. The van der Waals surface area contributed by atoms with Crippen LogP contribution in [0.2, 0.25) is 10.0 Å². The van der Waals surface area contributed by atoms with Crippen LogP contribution in [0.1, 0.15) is 45.8 Å². The number of carbonyl (C=O) groups excluding carboxylic acids is 2. The fourth-order valence-corrected chi connectivity index (χ4v) is 4.72. The average Bonchev–Trinajstić information content (AvgIpc) is 3.16. The Balaban J connectivity index is 1.56. The zero-order valence-corrected chi connectivity index (χ0v) is 22.8. The highest BCUT2D eigenvalue weighted by molar-refractivity contribution is 7.22. The summed E-state index contributed by atoms with van der Waals surface area (Å²) in [6.07, 6.45) is -0.891. The zero-order valence-electron chi connectivity index (χ0n) is 20.5. The highest BCUT2D eigenvalue weighted by Crippen LogP contribution is 2.37. The van der Waals surface area contributed by atoms with E-state index < -0.39 is 35.5 Å². The average molecular weight is 575 g/mol. The molecule has 0 radical (unpaired) electrons. The summed E-state index contributed by atoms with van der Waals surface area (Å²) in [6, 6.07) is 4.59.